The molecule has 0 aliphatic carbocycles. The number of ether oxygens (including phenoxy) is 1. The number of rotatable bonds is 8. The summed E-state index contributed by atoms with van der Waals surface area (Å²) in [6.45, 7) is 8.23. The molecule has 4 heteroatoms. The first-order valence-electron chi connectivity index (χ1n) is 8.78. The number of likely N-dealkylation sites (N-methyl/N-ethyl adjacent to an activating group) is 1. The lowest BCUT2D eigenvalue weighted by molar-refractivity contribution is -0.133. The molecule has 0 aromatic heterocycles. The van der Waals surface area contributed by atoms with Gasteiger partial charge in [0.1, 0.15) is 5.75 Å². The third-order valence-electron chi connectivity index (χ3n) is 4.80. The largest absolute Gasteiger partial charge is 0.497 e. The molecule has 0 bridgehead atoms. The highest BCUT2D eigenvalue weighted by atomic mass is 16.5. The van der Waals surface area contributed by atoms with Crippen molar-refractivity contribution in [3.63, 3.8) is 0 Å². The molecule has 2 rings (SSSR count). The van der Waals surface area contributed by atoms with Gasteiger partial charge in [-0.25, -0.2) is 0 Å². The van der Waals surface area contributed by atoms with Crippen LogP contribution in [-0.2, 0) is 11.2 Å². The fraction of sp³-hybridized carbons (Fsp3) is 0.632. The van der Waals surface area contributed by atoms with Crippen LogP contribution in [0.1, 0.15) is 38.7 Å². The summed E-state index contributed by atoms with van der Waals surface area (Å²) in [6.07, 6.45) is 3.96. The second kappa shape index (κ2) is 8.92. The van der Waals surface area contributed by atoms with Crippen LogP contribution >= 0.6 is 0 Å². The maximum absolute atomic E-state index is 11.9. The zero-order valence-electron chi connectivity index (χ0n) is 14.8. The molecule has 1 amide bonds. The molecule has 1 aliphatic heterocycles. The first-order chi connectivity index (χ1) is 11.1. The van der Waals surface area contributed by atoms with Gasteiger partial charge in [-0.1, -0.05) is 19.1 Å². The van der Waals surface area contributed by atoms with Crippen molar-refractivity contribution in [1.29, 1.82) is 0 Å². The predicted molar refractivity (Wildman–Crippen MR) is 93.8 cm³/mol. The lowest BCUT2D eigenvalue weighted by atomic mass is 10.1. The summed E-state index contributed by atoms with van der Waals surface area (Å²) < 4.78 is 5.21. The Morgan fingerprint density at radius 3 is 2.61 bits per heavy atom. The van der Waals surface area contributed by atoms with Crippen molar-refractivity contribution in [2.45, 2.75) is 45.6 Å². The number of amides is 1. The number of hydrogen-bond donors (Lipinski definition) is 0. The van der Waals surface area contributed by atoms with Gasteiger partial charge in [-0.2, -0.15) is 0 Å². The molecular formula is C19H30N2O2. The first kappa shape index (κ1) is 17.8. The average molecular weight is 318 g/mol. The highest BCUT2D eigenvalue weighted by Gasteiger charge is 2.20. The third-order valence-corrected chi connectivity index (χ3v) is 4.80. The maximum atomic E-state index is 11.9. The Kier molecular flexibility index (Phi) is 6.90. The molecule has 1 unspecified atom stereocenters. The number of hydrogen-bond acceptors (Lipinski definition) is 3. The number of piperidine rings is 1. The summed E-state index contributed by atoms with van der Waals surface area (Å²) in [5.74, 6) is 1.23. The van der Waals surface area contributed by atoms with Gasteiger partial charge in [0.25, 0.3) is 0 Å². The van der Waals surface area contributed by atoms with E-state index in [0.717, 1.165) is 57.6 Å². The van der Waals surface area contributed by atoms with Crippen LogP contribution < -0.4 is 4.74 Å². The number of carbonyl (C=O) groups excluding carboxylic acids is 1. The zero-order chi connectivity index (χ0) is 16.7. The molecule has 0 N–H and O–H groups in total. The van der Waals surface area contributed by atoms with Crippen LogP contribution in [0.4, 0.5) is 0 Å². The minimum absolute atomic E-state index is 0.329. The van der Waals surface area contributed by atoms with E-state index in [-0.39, 0.29) is 0 Å². The molecule has 0 spiro atoms. The van der Waals surface area contributed by atoms with Gasteiger partial charge in [0.05, 0.1) is 7.11 Å². The Labute approximate surface area is 140 Å². The summed E-state index contributed by atoms with van der Waals surface area (Å²) >= 11 is 0. The molecule has 23 heavy (non-hydrogen) atoms. The van der Waals surface area contributed by atoms with Crippen molar-refractivity contribution in [1.82, 2.24) is 9.80 Å². The van der Waals surface area contributed by atoms with Crippen LogP contribution in [-0.4, -0.2) is 55.0 Å². The summed E-state index contributed by atoms with van der Waals surface area (Å²) in [6, 6.07) is 8.78. The van der Waals surface area contributed by atoms with E-state index in [0.29, 0.717) is 11.9 Å². The molecule has 1 aromatic rings. The molecule has 4 nitrogen and oxygen atoms in total. The van der Waals surface area contributed by atoms with Gasteiger partial charge in [0.15, 0.2) is 0 Å². The predicted octanol–water partition coefficient (Wildman–Crippen LogP) is 2.96. The topological polar surface area (TPSA) is 32.8 Å². The lowest BCUT2D eigenvalue weighted by Crippen LogP contribution is -2.44. The van der Waals surface area contributed by atoms with E-state index < -0.39 is 0 Å². The van der Waals surface area contributed by atoms with Gasteiger partial charge in [0, 0.05) is 32.1 Å². The number of methoxy groups -OCH3 is 1. The molecule has 1 aliphatic rings. The van der Waals surface area contributed by atoms with Crippen LogP contribution in [0.5, 0.6) is 5.75 Å². The van der Waals surface area contributed by atoms with Crippen molar-refractivity contribution in [2.24, 2.45) is 0 Å². The number of benzene rings is 1. The Bertz CT molecular complexity index is 487. The fourth-order valence-corrected chi connectivity index (χ4v) is 3.27. The van der Waals surface area contributed by atoms with Gasteiger partial charge in [-0.05, 0) is 50.4 Å². The van der Waals surface area contributed by atoms with E-state index in [1.165, 1.54) is 5.56 Å². The average Bonchev–Trinajstić information content (AvgIpc) is 2.57. The molecule has 0 saturated carbocycles. The summed E-state index contributed by atoms with van der Waals surface area (Å²) in [5, 5.41) is 0. The highest BCUT2D eigenvalue weighted by molar-refractivity contribution is 5.76. The monoisotopic (exact) mass is 318 g/mol. The summed E-state index contributed by atoms with van der Waals surface area (Å²) in [4.78, 5) is 16.4. The molecule has 1 heterocycles. The highest BCUT2D eigenvalue weighted by Crippen LogP contribution is 2.15. The first-order valence-corrected chi connectivity index (χ1v) is 8.78. The number of nitrogens with zero attached hydrogens (tertiary/aromatic N) is 2. The molecule has 128 valence electrons. The van der Waals surface area contributed by atoms with Crippen molar-refractivity contribution in [2.75, 3.05) is 33.3 Å². The van der Waals surface area contributed by atoms with E-state index in [1.54, 1.807) is 7.11 Å². The molecule has 0 radical (unpaired) electrons. The standard InChI is InChI=1S/C19H30N2O2/c1-4-20(13-14-21-12-6-5-7-19(21)22)16(2)15-17-8-10-18(23-3)11-9-17/h8-11,16H,4-7,12-15H2,1-3H3. The SMILES string of the molecule is CCN(CCN1CCCCC1=O)C(C)Cc1ccc(OC)cc1. The zero-order valence-corrected chi connectivity index (χ0v) is 14.8. The minimum atomic E-state index is 0.329. The third kappa shape index (κ3) is 5.24. The van der Waals surface area contributed by atoms with Crippen LogP contribution in [0.2, 0.25) is 0 Å². The van der Waals surface area contributed by atoms with Crippen LogP contribution in [0.15, 0.2) is 24.3 Å². The second-order valence-corrected chi connectivity index (χ2v) is 6.37. The van der Waals surface area contributed by atoms with Gasteiger partial charge in [-0.15, -0.1) is 0 Å². The number of likely N-dealkylation sites (tertiary alicyclic amines) is 1. The number of carbonyl (C=O) groups is 1. The molecule has 1 aromatic carbocycles. The normalized spacial score (nSPS) is 16.7. The van der Waals surface area contributed by atoms with Gasteiger partial charge < -0.3 is 9.64 Å². The Hall–Kier alpha value is -1.55. The van der Waals surface area contributed by atoms with Crippen LogP contribution in [0.3, 0.4) is 0 Å². The quantitative estimate of drug-likeness (QED) is 0.739. The van der Waals surface area contributed by atoms with E-state index in [2.05, 4.69) is 30.9 Å². The van der Waals surface area contributed by atoms with Gasteiger partial charge in [-0.3, -0.25) is 9.69 Å². The van der Waals surface area contributed by atoms with E-state index in [1.807, 2.05) is 17.0 Å². The molecular weight excluding hydrogens is 288 g/mol. The van der Waals surface area contributed by atoms with Crippen molar-refractivity contribution in [3.8, 4) is 5.75 Å². The van der Waals surface area contributed by atoms with Crippen molar-refractivity contribution >= 4 is 5.91 Å². The van der Waals surface area contributed by atoms with Crippen molar-refractivity contribution in [3.05, 3.63) is 29.8 Å². The van der Waals surface area contributed by atoms with E-state index in [9.17, 15) is 4.79 Å². The van der Waals surface area contributed by atoms with Crippen LogP contribution in [0, 0.1) is 0 Å². The summed E-state index contributed by atoms with van der Waals surface area (Å²) in [7, 11) is 1.69. The molecule has 1 fully saturated rings. The smallest absolute Gasteiger partial charge is 0.222 e. The Morgan fingerprint density at radius 1 is 1.26 bits per heavy atom. The minimum Gasteiger partial charge on any atom is -0.497 e. The van der Waals surface area contributed by atoms with E-state index in [4.69, 9.17) is 4.74 Å². The molecule has 1 saturated heterocycles. The lowest BCUT2D eigenvalue weighted by Gasteiger charge is -2.32. The van der Waals surface area contributed by atoms with Gasteiger partial charge in [0.2, 0.25) is 5.91 Å². The van der Waals surface area contributed by atoms with Gasteiger partial charge >= 0.3 is 0 Å². The molecule has 1 atom stereocenters. The fourth-order valence-electron chi connectivity index (χ4n) is 3.27. The Balaban J connectivity index is 1.84. The Morgan fingerprint density at radius 2 is 2.00 bits per heavy atom. The maximum Gasteiger partial charge on any atom is 0.222 e. The van der Waals surface area contributed by atoms with Crippen molar-refractivity contribution < 1.29 is 9.53 Å². The van der Waals surface area contributed by atoms with E-state index >= 15 is 0 Å². The summed E-state index contributed by atoms with van der Waals surface area (Å²) in [5.41, 5.74) is 1.32. The second-order valence-electron chi connectivity index (χ2n) is 6.37. The van der Waals surface area contributed by atoms with Crippen LogP contribution in [0.25, 0.3) is 0 Å².